The third-order valence-electron chi connectivity index (χ3n) is 3.24. The van der Waals surface area contributed by atoms with Crippen LogP contribution >= 0.6 is 0 Å². The predicted octanol–water partition coefficient (Wildman–Crippen LogP) is 3.64. The Bertz CT molecular complexity index is 492. The van der Waals surface area contributed by atoms with Crippen molar-refractivity contribution in [3.63, 3.8) is 0 Å². The summed E-state index contributed by atoms with van der Waals surface area (Å²) in [5.41, 5.74) is 1.88. The Kier molecular flexibility index (Phi) is 4.21. The SMILES string of the molecule is CCOc1cccc2c1NC(=O)CC(CC(C)(C)C)N2. The summed E-state index contributed by atoms with van der Waals surface area (Å²) in [7, 11) is 0. The van der Waals surface area contributed by atoms with Gasteiger partial charge in [-0.1, -0.05) is 26.8 Å². The van der Waals surface area contributed by atoms with Crippen LogP contribution in [0.15, 0.2) is 18.2 Å². The van der Waals surface area contributed by atoms with Crippen LogP contribution in [0.4, 0.5) is 11.4 Å². The number of ether oxygens (including phenoxy) is 1. The molecule has 4 heteroatoms. The fourth-order valence-electron chi connectivity index (χ4n) is 2.60. The van der Waals surface area contributed by atoms with Crippen LogP contribution in [-0.2, 0) is 4.79 Å². The molecule has 0 bridgehead atoms. The monoisotopic (exact) mass is 276 g/mol. The van der Waals surface area contributed by atoms with Crippen molar-refractivity contribution in [2.45, 2.75) is 46.6 Å². The summed E-state index contributed by atoms with van der Waals surface area (Å²) in [5, 5.41) is 6.45. The van der Waals surface area contributed by atoms with Gasteiger partial charge < -0.3 is 15.4 Å². The molecule has 0 aromatic heterocycles. The topological polar surface area (TPSA) is 50.4 Å². The van der Waals surface area contributed by atoms with Crippen molar-refractivity contribution in [3.05, 3.63) is 18.2 Å². The quantitative estimate of drug-likeness (QED) is 0.886. The van der Waals surface area contributed by atoms with Gasteiger partial charge in [-0.05, 0) is 30.9 Å². The molecular formula is C16H24N2O2. The second-order valence-corrected chi connectivity index (χ2v) is 6.47. The molecule has 20 heavy (non-hydrogen) atoms. The molecule has 4 nitrogen and oxygen atoms in total. The molecule has 1 amide bonds. The Hall–Kier alpha value is -1.71. The van der Waals surface area contributed by atoms with E-state index in [9.17, 15) is 4.79 Å². The molecule has 1 atom stereocenters. The molecule has 2 N–H and O–H groups in total. The number of amides is 1. The first-order chi connectivity index (χ1) is 9.39. The van der Waals surface area contributed by atoms with E-state index in [2.05, 4.69) is 31.4 Å². The number of fused-ring (bicyclic) bond motifs is 1. The predicted molar refractivity (Wildman–Crippen MR) is 82.3 cm³/mol. The van der Waals surface area contributed by atoms with E-state index in [1.807, 2.05) is 25.1 Å². The van der Waals surface area contributed by atoms with Crippen molar-refractivity contribution in [3.8, 4) is 5.75 Å². The number of anilines is 2. The highest BCUT2D eigenvalue weighted by Gasteiger charge is 2.26. The van der Waals surface area contributed by atoms with Gasteiger partial charge in [0.1, 0.15) is 11.4 Å². The van der Waals surface area contributed by atoms with E-state index >= 15 is 0 Å². The maximum Gasteiger partial charge on any atom is 0.226 e. The molecule has 0 fully saturated rings. The second-order valence-electron chi connectivity index (χ2n) is 6.47. The lowest BCUT2D eigenvalue weighted by Crippen LogP contribution is -2.27. The minimum atomic E-state index is 0.0395. The van der Waals surface area contributed by atoms with Gasteiger partial charge in [0.15, 0.2) is 0 Å². The van der Waals surface area contributed by atoms with Crippen molar-refractivity contribution < 1.29 is 9.53 Å². The van der Waals surface area contributed by atoms with Crippen molar-refractivity contribution in [1.82, 2.24) is 0 Å². The van der Waals surface area contributed by atoms with Gasteiger partial charge >= 0.3 is 0 Å². The smallest absolute Gasteiger partial charge is 0.226 e. The summed E-state index contributed by atoms with van der Waals surface area (Å²) in [6.45, 7) is 9.09. The first-order valence-electron chi connectivity index (χ1n) is 7.21. The molecule has 0 aliphatic carbocycles. The molecule has 0 saturated heterocycles. The van der Waals surface area contributed by atoms with Crippen LogP contribution in [0, 0.1) is 5.41 Å². The Morgan fingerprint density at radius 1 is 1.35 bits per heavy atom. The van der Waals surface area contributed by atoms with Crippen LogP contribution in [0.1, 0.15) is 40.5 Å². The van der Waals surface area contributed by atoms with Gasteiger partial charge in [0.25, 0.3) is 0 Å². The second kappa shape index (κ2) is 5.73. The van der Waals surface area contributed by atoms with Crippen LogP contribution in [0.2, 0.25) is 0 Å². The number of benzene rings is 1. The van der Waals surface area contributed by atoms with Crippen LogP contribution in [-0.4, -0.2) is 18.6 Å². The molecule has 1 aromatic carbocycles. The Balaban J connectivity index is 2.28. The van der Waals surface area contributed by atoms with Gasteiger partial charge in [0.2, 0.25) is 5.91 Å². The number of hydrogen-bond acceptors (Lipinski definition) is 3. The van der Waals surface area contributed by atoms with Gasteiger partial charge in [0.05, 0.1) is 12.3 Å². The Morgan fingerprint density at radius 2 is 2.10 bits per heavy atom. The van der Waals surface area contributed by atoms with Gasteiger partial charge in [-0.15, -0.1) is 0 Å². The lowest BCUT2D eigenvalue weighted by atomic mass is 9.87. The number of carbonyl (C=O) groups excluding carboxylic acids is 1. The number of para-hydroxylation sites is 1. The van der Waals surface area contributed by atoms with E-state index in [-0.39, 0.29) is 17.4 Å². The Labute approximate surface area is 120 Å². The fourth-order valence-corrected chi connectivity index (χ4v) is 2.60. The lowest BCUT2D eigenvalue weighted by molar-refractivity contribution is -0.116. The Morgan fingerprint density at radius 3 is 2.75 bits per heavy atom. The molecular weight excluding hydrogens is 252 g/mol. The standard InChI is InChI=1S/C16H24N2O2/c1-5-20-13-8-6-7-12-15(13)18-14(19)9-11(17-12)10-16(2,3)4/h6-8,11,17H,5,9-10H2,1-4H3,(H,18,19). The van der Waals surface area contributed by atoms with Crippen molar-refractivity contribution >= 4 is 17.3 Å². The summed E-state index contributed by atoms with van der Waals surface area (Å²) in [5.74, 6) is 0.764. The molecule has 1 heterocycles. The largest absolute Gasteiger partial charge is 0.492 e. The summed E-state index contributed by atoms with van der Waals surface area (Å²) >= 11 is 0. The number of nitrogens with one attached hydrogen (secondary N) is 2. The zero-order valence-corrected chi connectivity index (χ0v) is 12.7. The van der Waals surface area contributed by atoms with E-state index in [0.717, 1.165) is 23.5 Å². The third-order valence-corrected chi connectivity index (χ3v) is 3.24. The minimum Gasteiger partial charge on any atom is -0.492 e. The summed E-state index contributed by atoms with van der Waals surface area (Å²) in [6.07, 6.45) is 1.43. The molecule has 110 valence electrons. The van der Waals surface area contributed by atoms with Crippen molar-refractivity contribution in [2.75, 3.05) is 17.2 Å². The normalized spacial score (nSPS) is 18.6. The summed E-state index contributed by atoms with van der Waals surface area (Å²) in [6, 6.07) is 5.96. The number of carbonyl (C=O) groups is 1. The highest BCUT2D eigenvalue weighted by Crippen LogP contribution is 2.36. The lowest BCUT2D eigenvalue weighted by Gasteiger charge is -2.26. The number of rotatable bonds is 3. The number of hydrogen-bond donors (Lipinski definition) is 2. The minimum absolute atomic E-state index is 0.0395. The summed E-state index contributed by atoms with van der Waals surface area (Å²) in [4.78, 5) is 12.1. The van der Waals surface area contributed by atoms with Crippen molar-refractivity contribution in [1.29, 1.82) is 0 Å². The van der Waals surface area contributed by atoms with Gasteiger partial charge in [-0.25, -0.2) is 0 Å². The van der Waals surface area contributed by atoms with Gasteiger partial charge in [0, 0.05) is 12.5 Å². The first kappa shape index (κ1) is 14.7. The van der Waals surface area contributed by atoms with E-state index in [1.54, 1.807) is 0 Å². The zero-order chi connectivity index (χ0) is 14.8. The molecule has 1 aliphatic heterocycles. The maximum atomic E-state index is 12.1. The van der Waals surface area contributed by atoms with E-state index in [1.165, 1.54) is 0 Å². The molecule has 0 radical (unpaired) electrons. The molecule has 1 aliphatic rings. The average Bonchev–Trinajstić information content (AvgIpc) is 2.45. The van der Waals surface area contributed by atoms with E-state index < -0.39 is 0 Å². The highest BCUT2D eigenvalue weighted by atomic mass is 16.5. The van der Waals surface area contributed by atoms with Crippen LogP contribution in [0.5, 0.6) is 5.75 Å². The summed E-state index contributed by atoms with van der Waals surface area (Å²) < 4.78 is 5.59. The van der Waals surface area contributed by atoms with Gasteiger partial charge in [-0.3, -0.25) is 4.79 Å². The fraction of sp³-hybridized carbons (Fsp3) is 0.562. The van der Waals surface area contributed by atoms with Crippen LogP contribution in [0.25, 0.3) is 0 Å². The molecule has 1 aromatic rings. The molecule has 2 rings (SSSR count). The highest BCUT2D eigenvalue weighted by molar-refractivity contribution is 5.98. The maximum absolute atomic E-state index is 12.1. The van der Waals surface area contributed by atoms with Crippen molar-refractivity contribution in [2.24, 2.45) is 5.41 Å². The third kappa shape index (κ3) is 3.65. The molecule has 0 spiro atoms. The van der Waals surface area contributed by atoms with E-state index in [4.69, 9.17) is 4.74 Å². The molecule has 0 saturated carbocycles. The van der Waals surface area contributed by atoms with Crippen LogP contribution < -0.4 is 15.4 Å². The average molecular weight is 276 g/mol. The van der Waals surface area contributed by atoms with Crippen LogP contribution in [0.3, 0.4) is 0 Å². The van der Waals surface area contributed by atoms with E-state index in [0.29, 0.717) is 13.0 Å². The molecule has 1 unspecified atom stereocenters. The van der Waals surface area contributed by atoms with Gasteiger partial charge in [-0.2, -0.15) is 0 Å². The first-order valence-corrected chi connectivity index (χ1v) is 7.21. The zero-order valence-electron chi connectivity index (χ0n) is 12.7.